The van der Waals surface area contributed by atoms with E-state index in [4.69, 9.17) is 18.6 Å². The summed E-state index contributed by atoms with van der Waals surface area (Å²) in [6, 6.07) is 21.5. The minimum atomic E-state index is -2.61. The summed E-state index contributed by atoms with van der Waals surface area (Å²) in [4.78, 5) is 0. The van der Waals surface area contributed by atoms with Gasteiger partial charge in [-0.05, 0) is 28.3 Å². The van der Waals surface area contributed by atoms with Crippen LogP contribution in [0.3, 0.4) is 0 Å². The molecule has 3 fully saturated rings. The Hall–Kier alpha value is -1.19. The van der Waals surface area contributed by atoms with Crippen LogP contribution in [0, 0.1) is 5.92 Å². The Labute approximate surface area is 221 Å². The molecule has 3 saturated heterocycles. The molecule has 0 spiro atoms. The molecule has 2 aromatic rings. The number of thioether (sulfide) groups is 1. The van der Waals surface area contributed by atoms with Crippen LogP contribution in [0.25, 0.3) is 0 Å². The molecule has 0 amide bonds. The Bertz CT molecular complexity index is 960. The van der Waals surface area contributed by atoms with Crippen molar-refractivity contribution in [2.45, 2.75) is 74.4 Å². The van der Waals surface area contributed by atoms with E-state index in [-0.39, 0.29) is 41.1 Å². The summed E-state index contributed by atoms with van der Waals surface area (Å²) in [5.74, 6) is 0.640. The van der Waals surface area contributed by atoms with Gasteiger partial charge in [-0.1, -0.05) is 81.4 Å². The number of fused-ring (bicyclic) bond motifs is 2. The van der Waals surface area contributed by atoms with Gasteiger partial charge >= 0.3 is 0 Å². The van der Waals surface area contributed by atoms with E-state index in [2.05, 4.69) is 81.4 Å². The number of hydrogen-bond acceptors (Lipinski definition) is 6. The van der Waals surface area contributed by atoms with Gasteiger partial charge in [-0.2, -0.15) is 11.8 Å². The lowest BCUT2D eigenvalue weighted by Gasteiger charge is -2.45. The van der Waals surface area contributed by atoms with E-state index < -0.39 is 14.1 Å². The third kappa shape index (κ3) is 4.51. The minimum Gasteiger partial charge on any atom is -0.405 e. The number of aliphatic hydroxyl groups excluding tert-OH is 1. The highest BCUT2D eigenvalue weighted by atomic mass is 32.2. The van der Waals surface area contributed by atoms with Gasteiger partial charge in [0.05, 0.1) is 30.2 Å². The molecule has 196 valence electrons. The Morgan fingerprint density at radius 3 is 2.19 bits per heavy atom. The molecule has 0 radical (unpaired) electrons. The second-order valence-corrected chi connectivity index (χ2v) is 16.9. The number of rotatable bonds is 8. The summed E-state index contributed by atoms with van der Waals surface area (Å²) in [5.41, 5.74) is 0. The monoisotopic (exact) mass is 528 g/mol. The highest BCUT2D eigenvalue weighted by Gasteiger charge is 2.60. The maximum absolute atomic E-state index is 9.59. The normalized spacial score (nSPS) is 32.3. The molecule has 36 heavy (non-hydrogen) atoms. The second kappa shape index (κ2) is 10.5. The summed E-state index contributed by atoms with van der Waals surface area (Å²) in [6.45, 7) is 7.61. The third-order valence-electron chi connectivity index (χ3n) is 8.26. The third-order valence-corrected chi connectivity index (χ3v) is 14.8. The molecule has 5 nitrogen and oxygen atoms in total. The number of hydrogen-bond donors (Lipinski definition) is 1. The first kappa shape index (κ1) is 26.4. The van der Waals surface area contributed by atoms with Gasteiger partial charge in [0.2, 0.25) is 0 Å². The molecule has 0 unspecified atom stereocenters. The fourth-order valence-corrected chi connectivity index (χ4v) is 12.9. The average Bonchev–Trinajstić information content (AvgIpc) is 3.44. The van der Waals surface area contributed by atoms with Crippen LogP contribution in [0.2, 0.25) is 5.04 Å². The van der Waals surface area contributed by atoms with Crippen molar-refractivity contribution in [3.05, 3.63) is 60.7 Å². The van der Waals surface area contributed by atoms with Gasteiger partial charge in [0.25, 0.3) is 8.32 Å². The van der Waals surface area contributed by atoms with Crippen LogP contribution in [0.1, 0.15) is 40.0 Å². The lowest BCUT2D eigenvalue weighted by atomic mass is 9.85. The first-order valence-electron chi connectivity index (χ1n) is 13.2. The summed E-state index contributed by atoms with van der Waals surface area (Å²) in [7, 11) is -0.855. The topological polar surface area (TPSA) is 57.2 Å². The molecule has 3 aliphatic heterocycles. The Morgan fingerprint density at radius 1 is 1.00 bits per heavy atom. The number of ether oxygens (including phenoxy) is 3. The van der Waals surface area contributed by atoms with Crippen molar-refractivity contribution in [3.8, 4) is 0 Å². The van der Waals surface area contributed by atoms with Crippen LogP contribution in [0.15, 0.2) is 60.7 Å². The minimum absolute atomic E-state index is 0.00570. The van der Waals surface area contributed by atoms with Crippen molar-refractivity contribution in [3.63, 3.8) is 0 Å². The zero-order valence-electron chi connectivity index (χ0n) is 21.9. The average molecular weight is 529 g/mol. The van der Waals surface area contributed by atoms with E-state index in [0.717, 1.165) is 18.6 Å². The fraction of sp³-hybridized carbons (Fsp3) is 0.586. The van der Waals surface area contributed by atoms with Crippen molar-refractivity contribution in [2.75, 3.05) is 26.1 Å². The van der Waals surface area contributed by atoms with Crippen LogP contribution >= 0.6 is 11.8 Å². The summed E-state index contributed by atoms with van der Waals surface area (Å²) >= 11 is 1.86. The van der Waals surface area contributed by atoms with Crippen LogP contribution in [-0.4, -0.2) is 68.8 Å². The smallest absolute Gasteiger partial charge is 0.261 e. The fourth-order valence-electron chi connectivity index (χ4n) is 6.62. The second-order valence-electron chi connectivity index (χ2n) is 11.4. The molecule has 0 aliphatic carbocycles. The quantitative estimate of drug-likeness (QED) is 0.524. The summed E-state index contributed by atoms with van der Waals surface area (Å²) < 4.78 is 26.5. The standard InChI is InChI=1S/C29H40O5SSi/c1-28(2,3)36(23-11-7-5-8-12-23,24-13-9-6-10-14-24)32-19-22-18-26-25(33-22)17-21-20-35-27(15-16-30)29(21,31-4)34-26/h5-14,21-22,25-27,30H,15-20H2,1-4H3/t21-,22+,25+,26+,27+,29-/m0/s1. The van der Waals surface area contributed by atoms with E-state index >= 15 is 0 Å². The molecule has 0 aromatic heterocycles. The zero-order chi connectivity index (χ0) is 25.4. The van der Waals surface area contributed by atoms with Crippen LogP contribution < -0.4 is 10.4 Å². The molecule has 7 heteroatoms. The van der Waals surface area contributed by atoms with E-state index in [9.17, 15) is 5.11 Å². The van der Waals surface area contributed by atoms with Crippen molar-refractivity contribution in [1.82, 2.24) is 0 Å². The molecule has 0 bridgehead atoms. The van der Waals surface area contributed by atoms with Gasteiger partial charge in [0.1, 0.15) is 0 Å². The van der Waals surface area contributed by atoms with E-state index in [0.29, 0.717) is 13.0 Å². The molecule has 2 aromatic carbocycles. The predicted octanol–water partition coefficient (Wildman–Crippen LogP) is 3.97. The van der Waals surface area contributed by atoms with E-state index in [1.54, 1.807) is 7.11 Å². The van der Waals surface area contributed by atoms with E-state index in [1.165, 1.54) is 10.4 Å². The predicted molar refractivity (Wildman–Crippen MR) is 148 cm³/mol. The first-order chi connectivity index (χ1) is 17.3. The zero-order valence-corrected chi connectivity index (χ0v) is 23.7. The van der Waals surface area contributed by atoms with Gasteiger partial charge in [-0.15, -0.1) is 0 Å². The van der Waals surface area contributed by atoms with Crippen molar-refractivity contribution in [1.29, 1.82) is 0 Å². The molecule has 3 heterocycles. The largest absolute Gasteiger partial charge is 0.405 e. The lowest BCUT2D eigenvalue weighted by molar-refractivity contribution is -0.299. The molecule has 5 rings (SSSR count). The van der Waals surface area contributed by atoms with Gasteiger partial charge in [-0.25, -0.2) is 0 Å². The maximum atomic E-state index is 9.59. The van der Waals surface area contributed by atoms with Gasteiger partial charge < -0.3 is 23.7 Å². The van der Waals surface area contributed by atoms with Gasteiger partial charge in [0, 0.05) is 31.8 Å². The lowest BCUT2D eigenvalue weighted by Crippen LogP contribution is -2.67. The Kier molecular flexibility index (Phi) is 7.72. The maximum Gasteiger partial charge on any atom is 0.261 e. The molecular formula is C29H40O5SSi. The van der Waals surface area contributed by atoms with E-state index in [1.807, 2.05) is 11.8 Å². The van der Waals surface area contributed by atoms with Gasteiger partial charge in [0.15, 0.2) is 5.79 Å². The number of benzene rings is 2. The van der Waals surface area contributed by atoms with Crippen molar-refractivity contribution >= 4 is 30.5 Å². The summed E-state index contributed by atoms with van der Waals surface area (Å²) in [6.07, 6.45) is 2.47. The highest BCUT2D eigenvalue weighted by molar-refractivity contribution is 8.00. The Balaban J connectivity index is 1.37. The van der Waals surface area contributed by atoms with Crippen LogP contribution in [0.4, 0.5) is 0 Å². The van der Waals surface area contributed by atoms with Crippen LogP contribution in [-0.2, 0) is 18.6 Å². The first-order valence-corrected chi connectivity index (χ1v) is 16.2. The Morgan fingerprint density at radius 2 is 1.64 bits per heavy atom. The molecule has 0 saturated carbocycles. The van der Waals surface area contributed by atoms with Crippen molar-refractivity contribution in [2.24, 2.45) is 5.92 Å². The number of aliphatic hydroxyl groups is 1. The highest BCUT2D eigenvalue weighted by Crippen LogP contribution is 2.53. The number of methoxy groups -OCH3 is 1. The molecule has 1 N–H and O–H groups in total. The van der Waals surface area contributed by atoms with Gasteiger partial charge in [-0.3, -0.25) is 0 Å². The van der Waals surface area contributed by atoms with Crippen LogP contribution in [0.5, 0.6) is 0 Å². The molecule has 3 aliphatic rings. The van der Waals surface area contributed by atoms with Crippen molar-refractivity contribution < 1.29 is 23.7 Å². The molecular weight excluding hydrogens is 488 g/mol. The SMILES string of the molecule is CO[C@]12O[C@@H]3C[C@H](CO[Si](c4ccccc4)(c4ccccc4)C(C)(C)C)O[C@@H]3C[C@H]1CS[C@@H]2CCO. The summed E-state index contributed by atoms with van der Waals surface area (Å²) in [5, 5.41) is 12.3. The molecule has 6 atom stereocenters.